The second-order valence-corrected chi connectivity index (χ2v) is 8.60. The largest absolute Gasteiger partial charge is 0.365 e. The summed E-state index contributed by atoms with van der Waals surface area (Å²) in [6.07, 6.45) is 4.17. The zero-order valence-corrected chi connectivity index (χ0v) is 17.0. The van der Waals surface area contributed by atoms with Gasteiger partial charge in [-0.05, 0) is 57.6 Å². The van der Waals surface area contributed by atoms with Crippen LogP contribution in [0.4, 0.5) is 0 Å². The van der Waals surface area contributed by atoms with E-state index in [1.807, 2.05) is 19.1 Å². The van der Waals surface area contributed by atoms with Gasteiger partial charge in [0, 0.05) is 27.4 Å². The normalized spacial score (nSPS) is 22.0. The molecule has 2 atom stereocenters. The highest BCUT2D eigenvalue weighted by Gasteiger charge is 2.39. The van der Waals surface area contributed by atoms with Crippen molar-refractivity contribution in [2.45, 2.75) is 68.9 Å². The summed E-state index contributed by atoms with van der Waals surface area (Å²) >= 11 is 0. The van der Waals surface area contributed by atoms with Crippen LogP contribution in [0.25, 0.3) is 0 Å². The highest BCUT2D eigenvalue weighted by Crippen LogP contribution is 2.32. The van der Waals surface area contributed by atoms with Crippen LogP contribution < -0.4 is 0 Å². The van der Waals surface area contributed by atoms with E-state index < -0.39 is 16.3 Å². The van der Waals surface area contributed by atoms with E-state index in [2.05, 4.69) is 0 Å². The molecular formula is C19H31NO5S. The smallest absolute Gasteiger partial charge is 0.245 e. The lowest BCUT2D eigenvalue weighted by molar-refractivity contribution is -0.108. The fraction of sp³-hybridized carbons (Fsp3) is 0.684. The average molecular weight is 386 g/mol. The topological polar surface area (TPSA) is 65.1 Å². The monoisotopic (exact) mass is 385 g/mol. The molecule has 1 saturated heterocycles. The van der Waals surface area contributed by atoms with Gasteiger partial charge >= 0.3 is 0 Å². The molecule has 0 N–H and O–H groups in total. The van der Waals surface area contributed by atoms with Crippen LogP contribution >= 0.6 is 0 Å². The molecule has 0 saturated carbocycles. The summed E-state index contributed by atoms with van der Waals surface area (Å²) in [7, 11) is 1.20. The Hall–Kier alpha value is -0.990. The minimum Gasteiger partial charge on any atom is -0.365 e. The Morgan fingerprint density at radius 3 is 2.35 bits per heavy atom. The van der Waals surface area contributed by atoms with Gasteiger partial charge in [-0.2, -0.15) is 4.31 Å². The molecule has 7 heteroatoms. The summed E-state index contributed by atoms with van der Waals surface area (Å²) in [5, 5.41) is 0. The number of piperidine rings is 1. The Bertz CT molecular complexity index is 642. The van der Waals surface area contributed by atoms with E-state index in [0.29, 0.717) is 4.90 Å². The molecule has 0 spiro atoms. The number of sulfonamides is 1. The third kappa shape index (κ3) is 5.04. The SMILES string of the molecule is COC(CCCC1CCCC(OC)N1S(=O)(=O)c1ccc(C)cc1)OC. The summed E-state index contributed by atoms with van der Waals surface area (Å²) in [6, 6.07) is 6.93. The molecule has 6 nitrogen and oxygen atoms in total. The van der Waals surface area contributed by atoms with Crippen LogP contribution in [0.2, 0.25) is 0 Å². The fourth-order valence-corrected chi connectivity index (χ4v) is 5.37. The number of nitrogens with zero attached hydrogens (tertiary/aromatic N) is 1. The van der Waals surface area contributed by atoms with Crippen LogP contribution in [0, 0.1) is 6.92 Å². The molecule has 26 heavy (non-hydrogen) atoms. The van der Waals surface area contributed by atoms with Gasteiger partial charge in [0.2, 0.25) is 10.0 Å². The first kappa shape index (κ1) is 21.3. The minimum absolute atomic E-state index is 0.0747. The molecule has 2 unspecified atom stereocenters. The van der Waals surface area contributed by atoms with Crippen LogP contribution in [0.1, 0.15) is 44.1 Å². The van der Waals surface area contributed by atoms with E-state index in [4.69, 9.17) is 14.2 Å². The van der Waals surface area contributed by atoms with E-state index in [-0.39, 0.29) is 12.3 Å². The van der Waals surface area contributed by atoms with Crippen molar-refractivity contribution in [1.29, 1.82) is 0 Å². The molecule has 148 valence electrons. The van der Waals surface area contributed by atoms with Crippen molar-refractivity contribution in [2.75, 3.05) is 21.3 Å². The van der Waals surface area contributed by atoms with E-state index >= 15 is 0 Å². The molecule has 0 aliphatic carbocycles. The molecular weight excluding hydrogens is 354 g/mol. The van der Waals surface area contributed by atoms with E-state index in [1.54, 1.807) is 37.8 Å². The molecule has 0 bridgehead atoms. The van der Waals surface area contributed by atoms with Crippen molar-refractivity contribution in [3.05, 3.63) is 29.8 Å². The predicted octanol–water partition coefficient (Wildman–Crippen LogP) is 3.30. The molecule has 1 aliphatic rings. The van der Waals surface area contributed by atoms with Crippen molar-refractivity contribution < 1.29 is 22.6 Å². The highest BCUT2D eigenvalue weighted by molar-refractivity contribution is 7.89. The van der Waals surface area contributed by atoms with E-state index in [1.165, 1.54) is 0 Å². The summed E-state index contributed by atoms with van der Waals surface area (Å²) < 4.78 is 44.1. The third-order valence-electron chi connectivity index (χ3n) is 5.00. The maximum Gasteiger partial charge on any atom is 0.245 e. The van der Waals surface area contributed by atoms with Gasteiger partial charge in [-0.1, -0.05) is 17.7 Å². The number of benzene rings is 1. The Morgan fingerprint density at radius 1 is 1.12 bits per heavy atom. The lowest BCUT2D eigenvalue weighted by Gasteiger charge is -2.40. The van der Waals surface area contributed by atoms with Gasteiger partial charge in [-0.3, -0.25) is 0 Å². The maximum atomic E-state index is 13.3. The summed E-state index contributed by atoms with van der Waals surface area (Å²) in [5.74, 6) is 0. The Kier molecular flexibility index (Phi) is 8.04. The van der Waals surface area contributed by atoms with Crippen LogP contribution in [-0.4, -0.2) is 52.6 Å². The van der Waals surface area contributed by atoms with Gasteiger partial charge in [-0.15, -0.1) is 0 Å². The van der Waals surface area contributed by atoms with Gasteiger partial charge < -0.3 is 14.2 Å². The number of aryl methyl sites for hydroxylation is 1. The third-order valence-corrected chi connectivity index (χ3v) is 6.96. The zero-order chi connectivity index (χ0) is 19.2. The van der Waals surface area contributed by atoms with E-state index in [0.717, 1.165) is 44.1 Å². The van der Waals surface area contributed by atoms with Crippen molar-refractivity contribution in [3.8, 4) is 0 Å². The summed E-state index contributed by atoms with van der Waals surface area (Å²) in [4.78, 5) is 0.323. The first-order valence-electron chi connectivity index (χ1n) is 9.12. The quantitative estimate of drug-likeness (QED) is 0.610. The fourth-order valence-electron chi connectivity index (χ4n) is 3.55. The Labute approximate surface area is 157 Å². The minimum atomic E-state index is -3.61. The van der Waals surface area contributed by atoms with Gasteiger partial charge in [0.15, 0.2) is 6.29 Å². The molecule has 1 aromatic carbocycles. The predicted molar refractivity (Wildman–Crippen MR) is 100 cm³/mol. The summed E-state index contributed by atoms with van der Waals surface area (Å²) in [5.41, 5.74) is 1.03. The maximum absolute atomic E-state index is 13.3. The number of rotatable bonds is 9. The average Bonchev–Trinajstić information content (AvgIpc) is 2.65. The molecule has 0 radical (unpaired) electrons. The number of ether oxygens (including phenoxy) is 3. The van der Waals surface area contributed by atoms with Crippen LogP contribution in [0.15, 0.2) is 29.2 Å². The highest BCUT2D eigenvalue weighted by atomic mass is 32.2. The first-order chi connectivity index (χ1) is 12.4. The van der Waals surface area contributed by atoms with Crippen molar-refractivity contribution in [2.24, 2.45) is 0 Å². The van der Waals surface area contributed by atoms with Gasteiger partial charge in [0.1, 0.15) is 6.23 Å². The number of hydrogen-bond acceptors (Lipinski definition) is 5. The molecule has 1 fully saturated rings. The van der Waals surface area contributed by atoms with Crippen LogP contribution in [-0.2, 0) is 24.2 Å². The molecule has 1 aliphatic heterocycles. The Balaban J connectivity index is 2.19. The van der Waals surface area contributed by atoms with Crippen LogP contribution in [0.5, 0.6) is 0 Å². The lowest BCUT2D eigenvalue weighted by atomic mass is 9.98. The summed E-state index contributed by atoms with van der Waals surface area (Å²) in [6.45, 7) is 1.94. The molecule has 0 amide bonds. The first-order valence-corrected chi connectivity index (χ1v) is 10.6. The standard InChI is InChI=1S/C19H31NO5S/c1-15-11-13-17(14-12-15)26(21,22)20-16(7-5-9-18(20)23-2)8-6-10-19(24-3)25-4/h11-14,16,18-19H,5-10H2,1-4H3. The van der Waals surface area contributed by atoms with Crippen molar-refractivity contribution in [1.82, 2.24) is 4.31 Å². The number of methoxy groups -OCH3 is 3. The molecule has 2 rings (SSSR count). The van der Waals surface area contributed by atoms with Gasteiger partial charge in [0.05, 0.1) is 4.90 Å². The Morgan fingerprint density at radius 2 is 1.77 bits per heavy atom. The van der Waals surface area contributed by atoms with E-state index in [9.17, 15) is 8.42 Å². The molecule has 0 aromatic heterocycles. The number of hydrogen-bond donors (Lipinski definition) is 0. The second kappa shape index (κ2) is 9.80. The second-order valence-electron chi connectivity index (χ2n) is 6.75. The van der Waals surface area contributed by atoms with Crippen molar-refractivity contribution >= 4 is 10.0 Å². The molecule has 1 aromatic rings. The van der Waals surface area contributed by atoms with Crippen LogP contribution in [0.3, 0.4) is 0 Å². The molecule has 1 heterocycles. The van der Waals surface area contributed by atoms with Gasteiger partial charge in [0.25, 0.3) is 0 Å². The zero-order valence-electron chi connectivity index (χ0n) is 16.2. The van der Waals surface area contributed by atoms with Crippen molar-refractivity contribution in [3.63, 3.8) is 0 Å². The lowest BCUT2D eigenvalue weighted by Crippen LogP contribution is -2.50. The van der Waals surface area contributed by atoms with Gasteiger partial charge in [-0.25, -0.2) is 8.42 Å².